The number of carbonyl (C=O) groups excluding carboxylic acids is 1. The van der Waals surface area contributed by atoms with E-state index in [0.29, 0.717) is 31.1 Å². The van der Waals surface area contributed by atoms with Crippen LogP contribution in [0.5, 0.6) is 0 Å². The molecule has 2 rings (SSSR count). The SMILES string of the molecule is CN1CCO[C@@H](C(=O)N(CCc2ccc(Cl)cc2)C[C@@H](O)C(F)(F)F)C1. The third-order valence-electron chi connectivity index (χ3n) is 4.21. The van der Waals surface area contributed by atoms with E-state index in [1.165, 1.54) is 0 Å². The molecule has 0 aromatic heterocycles. The van der Waals surface area contributed by atoms with Gasteiger partial charge in [0.2, 0.25) is 0 Å². The number of rotatable bonds is 6. The van der Waals surface area contributed by atoms with Gasteiger partial charge in [0, 0.05) is 24.7 Å². The Morgan fingerprint density at radius 3 is 2.65 bits per heavy atom. The Morgan fingerprint density at radius 2 is 2.08 bits per heavy atom. The summed E-state index contributed by atoms with van der Waals surface area (Å²) in [5, 5.41) is 9.95. The maximum absolute atomic E-state index is 12.7. The summed E-state index contributed by atoms with van der Waals surface area (Å²) in [4.78, 5) is 15.6. The van der Waals surface area contributed by atoms with Crippen molar-refractivity contribution in [3.63, 3.8) is 0 Å². The Morgan fingerprint density at radius 1 is 1.42 bits per heavy atom. The van der Waals surface area contributed by atoms with Crippen molar-refractivity contribution in [2.45, 2.75) is 24.8 Å². The molecular weight excluding hydrogens is 373 g/mol. The van der Waals surface area contributed by atoms with Crippen molar-refractivity contribution >= 4 is 17.5 Å². The van der Waals surface area contributed by atoms with Gasteiger partial charge in [-0.05, 0) is 31.2 Å². The van der Waals surface area contributed by atoms with Crippen LogP contribution >= 0.6 is 11.6 Å². The van der Waals surface area contributed by atoms with E-state index in [-0.39, 0.29) is 6.54 Å². The van der Waals surface area contributed by atoms with Gasteiger partial charge >= 0.3 is 6.18 Å². The second-order valence-electron chi connectivity index (χ2n) is 6.34. The average molecular weight is 395 g/mol. The monoisotopic (exact) mass is 394 g/mol. The first-order valence-electron chi connectivity index (χ1n) is 8.25. The molecule has 5 nitrogen and oxygen atoms in total. The summed E-state index contributed by atoms with van der Waals surface area (Å²) in [6, 6.07) is 6.84. The lowest BCUT2D eigenvalue weighted by atomic mass is 10.1. The fourth-order valence-electron chi connectivity index (χ4n) is 2.65. The first-order chi connectivity index (χ1) is 12.2. The molecule has 0 saturated carbocycles. The van der Waals surface area contributed by atoms with Gasteiger partial charge < -0.3 is 19.6 Å². The van der Waals surface area contributed by atoms with Crippen LogP contribution in [0.15, 0.2) is 24.3 Å². The summed E-state index contributed by atoms with van der Waals surface area (Å²) in [6.07, 6.45) is -7.88. The summed E-state index contributed by atoms with van der Waals surface area (Å²) >= 11 is 5.82. The van der Waals surface area contributed by atoms with Crippen molar-refractivity contribution in [3.05, 3.63) is 34.9 Å². The Balaban J connectivity index is 2.07. The van der Waals surface area contributed by atoms with Crippen molar-refractivity contribution in [1.82, 2.24) is 9.80 Å². The quantitative estimate of drug-likeness (QED) is 0.801. The number of alkyl halides is 3. The first-order valence-corrected chi connectivity index (χ1v) is 8.63. The number of ether oxygens (including phenoxy) is 1. The highest BCUT2D eigenvalue weighted by molar-refractivity contribution is 6.30. The minimum absolute atomic E-state index is 0.0389. The normalized spacial score (nSPS) is 20.0. The zero-order chi connectivity index (χ0) is 19.3. The van der Waals surface area contributed by atoms with Gasteiger partial charge in [-0.3, -0.25) is 4.79 Å². The Bertz CT molecular complexity index is 598. The number of benzene rings is 1. The van der Waals surface area contributed by atoms with Crippen molar-refractivity contribution in [2.24, 2.45) is 0 Å². The summed E-state index contributed by atoms with van der Waals surface area (Å²) < 4.78 is 43.6. The first kappa shape index (κ1) is 21.0. The van der Waals surface area contributed by atoms with Gasteiger partial charge in [-0.15, -0.1) is 0 Å². The molecule has 0 aliphatic carbocycles. The second-order valence-corrected chi connectivity index (χ2v) is 6.78. The Kier molecular flexibility index (Phi) is 7.28. The van der Waals surface area contributed by atoms with Crippen molar-refractivity contribution < 1.29 is 27.8 Å². The number of carbonyl (C=O) groups is 1. The van der Waals surface area contributed by atoms with Crippen LogP contribution in [-0.2, 0) is 16.0 Å². The molecule has 1 aromatic rings. The standard InChI is InChI=1S/C17H22ClF3N2O3/c1-22-8-9-26-14(10-22)16(25)23(11-15(24)17(19,20)21)7-6-12-2-4-13(18)5-3-12/h2-5,14-15,24H,6-11H2,1H3/t14-,15-/m1/s1. The number of likely N-dealkylation sites (N-methyl/N-ethyl adjacent to an activating group) is 1. The van der Waals surface area contributed by atoms with Gasteiger partial charge in [-0.2, -0.15) is 13.2 Å². The van der Waals surface area contributed by atoms with Crippen molar-refractivity contribution in [3.8, 4) is 0 Å². The van der Waals surface area contributed by atoms with Crippen LogP contribution in [-0.4, -0.2) is 79.0 Å². The molecule has 1 amide bonds. The van der Waals surface area contributed by atoms with Crippen LogP contribution in [0.25, 0.3) is 0 Å². The lowest BCUT2D eigenvalue weighted by Crippen LogP contribution is -2.53. The topological polar surface area (TPSA) is 53.0 Å². The number of morpholine rings is 1. The van der Waals surface area contributed by atoms with Crippen LogP contribution in [0.3, 0.4) is 0 Å². The zero-order valence-corrected chi connectivity index (χ0v) is 15.1. The summed E-state index contributed by atoms with van der Waals surface area (Å²) in [5.74, 6) is -0.547. The molecule has 146 valence electrons. The highest BCUT2D eigenvalue weighted by atomic mass is 35.5. The van der Waals surface area contributed by atoms with E-state index < -0.39 is 30.8 Å². The van der Waals surface area contributed by atoms with Gasteiger partial charge in [-0.1, -0.05) is 23.7 Å². The minimum atomic E-state index is -4.79. The van der Waals surface area contributed by atoms with E-state index in [9.17, 15) is 23.1 Å². The molecule has 2 atom stereocenters. The third-order valence-corrected chi connectivity index (χ3v) is 4.46. The summed E-state index contributed by atoms with van der Waals surface area (Å²) in [7, 11) is 1.81. The molecule has 0 radical (unpaired) electrons. The number of amides is 1. The van der Waals surface area contributed by atoms with Crippen LogP contribution in [0, 0.1) is 0 Å². The lowest BCUT2D eigenvalue weighted by Gasteiger charge is -2.34. The van der Waals surface area contributed by atoms with Gasteiger partial charge in [0.25, 0.3) is 5.91 Å². The molecule has 1 heterocycles. The highest BCUT2D eigenvalue weighted by Crippen LogP contribution is 2.22. The highest BCUT2D eigenvalue weighted by Gasteiger charge is 2.41. The zero-order valence-electron chi connectivity index (χ0n) is 14.4. The van der Waals surface area contributed by atoms with Gasteiger partial charge in [0.15, 0.2) is 6.10 Å². The Hall–Kier alpha value is -1.35. The second kappa shape index (κ2) is 9.03. The molecule has 0 spiro atoms. The molecule has 1 N–H and O–H groups in total. The predicted molar refractivity (Wildman–Crippen MR) is 91.0 cm³/mol. The van der Waals surface area contributed by atoms with E-state index in [4.69, 9.17) is 16.3 Å². The van der Waals surface area contributed by atoms with Crippen LogP contribution in [0.4, 0.5) is 13.2 Å². The molecule has 0 bridgehead atoms. The van der Waals surface area contributed by atoms with E-state index in [2.05, 4.69) is 0 Å². The summed E-state index contributed by atoms with van der Waals surface area (Å²) in [5.41, 5.74) is 0.829. The maximum Gasteiger partial charge on any atom is 0.416 e. The number of hydrogen-bond donors (Lipinski definition) is 1. The third kappa shape index (κ3) is 6.12. The number of aliphatic hydroxyl groups excluding tert-OH is 1. The number of aliphatic hydroxyl groups is 1. The molecule has 26 heavy (non-hydrogen) atoms. The maximum atomic E-state index is 12.7. The van der Waals surface area contributed by atoms with Crippen LogP contribution in [0.1, 0.15) is 5.56 Å². The molecular formula is C17H22ClF3N2O3. The van der Waals surface area contributed by atoms with Gasteiger partial charge in [0.05, 0.1) is 13.2 Å². The number of halogens is 4. The largest absolute Gasteiger partial charge is 0.416 e. The van der Waals surface area contributed by atoms with Crippen LogP contribution < -0.4 is 0 Å². The number of hydrogen-bond acceptors (Lipinski definition) is 4. The van der Waals surface area contributed by atoms with E-state index in [1.807, 2.05) is 11.9 Å². The molecule has 1 fully saturated rings. The van der Waals surface area contributed by atoms with Crippen LogP contribution in [0.2, 0.25) is 5.02 Å². The molecule has 1 aliphatic rings. The van der Waals surface area contributed by atoms with E-state index in [0.717, 1.165) is 10.5 Å². The van der Waals surface area contributed by atoms with E-state index >= 15 is 0 Å². The smallest absolute Gasteiger partial charge is 0.382 e. The van der Waals surface area contributed by atoms with Crippen molar-refractivity contribution in [1.29, 1.82) is 0 Å². The molecule has 1 aliphatic heterocycles. The minimum Gasteiger partial charge on any atom is -0.382 e. The fourth-order valence-corrected chi connectivity index (χ4v) is 2.78. The number of nitrogens with zero attached hydrogens (tertiary/aromatic N) is 2. The average Bonchev–Trinajstić information content (AvgIpc) is 2.58. The van der Waals surface area contributed by atoms with Gasteiger partial charge in [0.1, 0.15) is 6.10 Å². The molecule has 9 heteroatoms. The fraction of sp³-hybridized carbons (Fsp3) is 0.588. The van der Waals surface area contributed by atoms with Crippen molar-refractivity contribution in [2.75, 3.05) is 39.8 Å². The molecule has 0 unspecified atom stereocenters. The predicted octanol–water partition coefficient (Wildman–Crippen LogP) is 1.96. The van der Waals surface area contributed by atoms with E-state index in [1.54, 1.807) is 24.3 Å². The molecule has 1 saturated heterocycles. The Labute approximate surface area is 155 Å². The van der Waals surface area contributed by atoms with Gasteiger partial charge in [-0.25, -0.2) is 0 Å². The lowest BCUT2D eigenvalue weighted by molar-refractivity contribution is -0.209. The summed E-state index contributed by atoms with van der Waals surface area (Å²) in [6.45, 7) is 0.508. The molecule has 1 aromatic carbocycles.